The molecule has 1 aromatic carbocycles. The van der Waals surface area contributed by atoms with Crippen LogP contribution in [-0.2, 0) is 63.8 Å². The molecule has 1 aromatic rings. The maximum absolute atomic E-state index is 13.3. The number of rotatable bonds is 14. The molecular weight excluding hydrogens is 598 g/mol. The molecule has 1 heterocycles. The summed E-state index contributed by atoms with van der Waals surface area (Å²) in [5, 5.41) is 7.26. The quantitative estimate of drug-likeness (QED) is 0.142. The summed E-state index contributed by atoms with van der Waals surface area (Å²) < 4.78 is 31.8. The maximum Gasteiger partial charge on any atom is 0.408 e. The van der Waals surface area contributed by atoms with Crippen LogP contribution in [0.4, 0.5) is 4.79 Å². The first kappa shape index (κ1) is 36.2. The van der Waals surface area contributed by atoms with Gasteiger partial charge in [0.25, 0.3) is 0 Å². The van der Waals surface area contributed by atoms with Crippen molar-refractivity contribution in [3.63, 3.8) is 0 Å². The number of nitrogens with one attached hydrogen (secondary N) is 3. The summed E-state index contributed by atoms with van der Waals surface area (Å²) in [7, 11) is 0. The number of carbonyl (C=O) groups excluding carboxylic acids is 7. The Morgan fingerprint density at radius 3 is 2.09 bits per heavy atom. The lowest BCUT2D eigenvalue weighted by atomic mass is 9.95. The molecule has 0 spiro atoms. The van der Waals surface area contributed by atoms with Gasteiger partial charge in [0.1, 0.15) is 38.0 Å². The topological polar surface area (TPSA) is 211 Å². The van der Waals surface area contributed by atoms with Crippen molar-refractivity contribution in [3.05, 3.63) is 48.6 Å². The van der Waals surface area contributed by atoms with Gasteiger partial charge in [0.2, 0.25) is 11.8 Å². The molecule has 1 fully saturated rings. The van der Waals surface area contributed by atoms with Gasteiger partial charge in [0.15, 0.2) is 18.4 Å². The van der Waals surface area contributed by atoms with Crippen LogP contribution in [0.25, 0.3) is 0 Å². The third-order valence-corrected chi connectivity index (χ3v) is 5.94. The van der Waals surface area contributed by atoms with E-state index in [0.717, 1.165) is 27.7 Å². The number of ether oxygens (including phenoxy) is 6. The second-order valence-corrected chi connectivity index (χ2v) is 9.72. The van der Waals surface area contributed by atoms with Gasteiger partial charge in [0.05, 0.1) is 6.42 Å². The zero-order valence-corrected chi connectivity index (χ0v) is 25.3. The Hall–Kier alpha value is -4.99. The third-order valence-electron chi connectivity index (χ3n) is 5.94. The molecule has 16 heteroatoms. The number of hydrogen-bond acceptors (Lipinski definition) is 13. The van der Waals surface area contributed by atoms with Gasteiger partial charge in [-0.2, -0.15) is 0 Å². The summed E-state index contributed by atoms with van der Waals surface area (Å²) in [6.07, 6.45) is -5.98. The normalized spacial score (nSPS) is 21.1. The molecule has 1 saturated heterocycles. The van der Waals surface area contributed by atoms with Crippen molar-refractivity contribution >= 4 is 41.8 Å². The summed E-state index contributed by atoms with van der Waals surface area (Å²) in [6.45, 7) is 7.05. The SMILES string of the molecule is C=CCOC(=O)[C@H](CC(=O)N[C@@H]1O[C@H](COC(C)=O)[C@@H](OC(C)=O)[C@H](OC(C)=O)[C@H]1NC(C)=O)NC(=O)OCc1ccccc1. The van der Waals surface area contributed by atoms with E-state index in [-0.39, 0.29) is 13.2 Å². The lowest BCUT2D eigenvalue weighted by Crippen LogP contribution is -2.69. The van der Waals surface area contributed by atoms with E-state index in [1.165, 1.54) is 6.08 Å². The average molecular weight is 636 g/mol. The summed E-state index contributed by atoms with van der Waals surface area (Å²) in [6, 6.07) is 5.84. The van der Waals surface area contributed by atoms with Gasteiger partial charge in [0, 0.05) is 27.7 Å². The fraction of sp³-hybridized carbons (Fsp3) is 0.483. The van der Waals surface area contributed by atoms with Crippen LogP contribution in [-0.4, -0.2) is 91.6 Å². The molecule has 45 heavy (non-hydrogen) atoms. The first-order valence-corrected chi connectivity index (χ1v) is 13.7. The maximum atomic E-state index is 13.3. The van der Waals surface area contributed by atoms with Gasteiger partial charge in [-0.1, -0.05) is 43.0 Å². The molecule has 0 aliphatic carbocycles. The molecule has 1 aliphatic heterocycles. The molecule has 0 aromatic heterocycles. The van der Waals surface area contributed by atoms with Crippen molar-refractivity contribution in [2.24, 2.45) is 0 Å². The fourth-order valence-corrected chi connectivity index (χ4v) is 4.20. The Kier molecular flexibility index (Phi) is 14.5. The second kappa shape index (κ2) is 18.0. The van der Waals surface area contributed by atoms with Gasteiger partial charge < -0.3 is 44.4 Å². The first-order chi connectivity index (χ1) is 21.3. The standard InChI is InChI=1S/C29H37N3O13/c1-6-12-40-28(38)21(31-29(39)42-14-20-10-8-7-9-11-20)13-23(37)32-27-24(30-16(2)33)26(44-19(5)36)25(43-18(4)35)22(45-27)15-41-17(3)34/h6-11,21-22,24-27H,1,12-15H2,2-5H3,(H,30,33)(H,31,39)(H,32,37)/t21-,22+,24+,25+,26+,27+/m0/s1. The molecular formula is C29H37N3O13. The molecule has 16 nitrogen and oxygen atoms in total. The van der Waals surface area contributed by atoms with E-state index >= 15 is 0 Å². The van der Waals surface area contributed by atoms with Gasteiger partial charge >= 0.3 is 30.0 Å². The Balaban J connectivity index is 2.30. The number of hydrogen-bond donors (Lipinski definition) is 3. The molecule has 1 aliphatic rings. The molecule has 3 amide bonds. The summed E-state index contributed by atoms with van der Waals surface area (Å²) in [5.74, 6) is -4.84. The molecule has 2 rings (SSSR count). The van der Waals surface area contributed by atoms with E-state index in [9.17, 15) is 33.6 Å². The van der Waals surface area contributed by atoms with E-state index < -0.39 is 91.4 Å². The lowest BCUT2D eigenvalue weighted by Gasteiger charge is -2.45. The van der Waals surface area contributed by atoms with Crippen molar-refractivity contribution in [2.45, 2.75) is 77.3 Å². The number of alkyl carbamates (subject to hydrolysis) is 1. The van der Waals surface area contributed by atoms with Crippen LogP contribution in [0.2, 0.25) is 0 Å². The molecule has 0 bridgehead atoms. The van der Waals surface area contributed by atoms with Crippen LogP contribution in [0.3, 0.4) is 0 Å². The number of benzene rings is 1. The average Bonchev–Trinajstić information content (AvgIpc) is 2.96. The van der Waals surface area contributed by atoms with Crippen molar-refractivity contribution in [3.8, 4) is 0 Å². The minimum absolute atomic E-state index is 0.119. The largest absolute Gasteiger partial charge is 0.463 e. The van der Waals surface area contributed by atoms with Crippen LogP contribution in [0.15, 0.2) is 43.0 Å². The zero-order chi connectivity index (χ0) is 33.5. The van der Waals surface area contributed by atoms with Crippen LogP contribution < -0.4 is 16.0 Å². The van der Waals surface area contributed by atoms with E-state index in [1.807, 2.05) is 0 Å². The van der Waals surface area contributed by atoms with E-state index in [1.54, 1.807) is 30.3 Å². The third kappa shape index (κ3) is 12.6. The highest BCUT2D eigenvalue weighted by atomic mass is 16.6. The van der Waals surface area contributed by atoms with Gasteiger partial charge in [-0.3, -0.25) is 24.0 Å². The highest BCUT2D eigenvalue weighted by molar-refractivity contribution is 5.88. The van der Waals surface area contributed by atoms with E-state index in [4.69, 9.17) is 28.4 Å². The molecule has 0 saturated carbocycles. The predicted octanol–water partition coefficient (Wildman–Crippen LogP) is 0.173. The van der Waals surface area contributed by atoms with E-state index in [0.29, 0.717) is 5.56 Å². The second-order valence-electron chi connectivity index (χ2n) is 9.72. The van der Waals surface area contributed by atoms with Crippen LogP contribution in [0.5, 0.6) is 0 Å². The molecule has 246 valence electrons. The Morgan fingerprint density at radius 2 is 1.51 bits per heavy atom. The minimum Gasteiger partial charge on any atom is -0.463 e. The molecule has 6 atom stereocenters. The van der Waals surface area contributed by atoms with Gasteiger partial charge in [-0.25, -0.2) is 9.59 Å². The van der Waals surface area contributed by atoms with Crippen molar-refractivity contribution in [1.82, 2.24) is 16.0 Å². The Bertz CT molecular complexity index is 1240. The molecule has 0 radical (unpaired) electrons. The number of amides is 3. The summed E-state index contributed by atoms with van der Waals surface area (Å²) in [5.41, 5.74) is 0.673. The van der Waals surface area contributed by atoms with Crippen molar-refractivity contribution in [2.75, 3.05) is 13.2 Å². The van der Waals surface area contributed by atoms with Crippen molar-refractivity contribution in [1.29, 1.82) is 0 Å². The Morgan fingerprint density at radius 1 is 0.867 bits per heavy atom. The van der Waals surface area contributed by atoms with Gasteiger partial charge in [-0.15, -0.1) is 0 Å². The molecule has 0 unspecified atom stereocenters. The van der Waals surface area contributed by atoms with E-state index in [2.05, 4.69) is 22.5 Å². The van der Waals surface area contributed by atoms with Crippen LogP contribution >= 0.6 is 0 Å². The minimum atomic E-state index is -1.54. The zero-order valence-electron chi connectivity index (χ0n) is 25.3. The number of carbonyl (C=O) groups is 7. The smallest absolute Gasteiger partial charge is 0.408 e. The van der Waals surface area contributed by atoms with Crippen LogP contribution in [0.1, 0.15) is 39.7 Å². The Labute approximate surface area is 259 Å². The fourth-order valence-electron chi connectivity index (χ4n) is 4.20. The first-order valence-electron chi connectivity index (χ1n) is 13.7. The van der Waals surface area contributed by atoms with Crippen LogP contribution in [0, 0.1) is 0 Å². The lowest BCUT2D eigenvalue weighted by molar-refractivity contribution is -0.228. The van der Waals surface area contributed by atoms with Gasteiger partial charge in [-0.05, 0) is 5.56 Å². The van der Waals surface area contributed by atoms with Crippen molar-refractivity contribution < 1.29 is 62.0 Å². The monoisotopic (exact) mass is 635 g/mol. The highest BCUT2D eigenvalue weighted by Gasteiger charge is 2.51. The summed E-state index contributed by atoms with van der Waals surface area (Å²) >= 11 is 0. The molecule has 3 N–H and O–H groups in total. The summed E-state index contributed by atoms with van der Waals surface area (Å²) in [4.78, 5) is 86.0. The number of esters is 4. The highest BCUT2D eigenvalue weighted by Crippen LogP contribution is 2.26. The predicted molar refractivity (Wildman–Crippen MR) is 151 cm³/mol.